The normalized spacial score (nSPS) is 10.3. The maximum atomic E-state index is 11.9. The molecule has 1 amide bonds. The molecule has 0 radical (unpaired) electrons. The smallest absolute Gasteiger partial charge is 0.222 e. The standard InChI is InChI=1S/C14H21NO2/c1-3-15(10-11-16)14(17)9-8-13-7-5-4-6-12(13)2/h4-7,16H,3,8-11H2,1-2H3. The van der Waals surface area contributed by atoms with E-state index in [0.717, 1.165) is 6.42 Å². The maximum absolute atomic E-state index is 11.9. The molecule has 3 nitrogen and oxygen atoms in total. The van der Waals surface area contributed by atoms with E-state index in [1.165, 1.54) is 11.1 Å². The van der Waals surface area contributed by atoms with Gasteiger partial charge >= 0.3 is 0 Å². The highest BCUT2D eigenvalue weighted by Crippen LogP contribution is 2.10. The molecule has 3 heteroatoms. The number of rotatable bonds is 6. The van der Waals surface area contributed by atoms with Crippen LogP contribution in [-0.4, -0.2) is 35.6 Å². The Morgan fingerprint density at radius 3 is 2.65 bits per heavy atom. The summed E-state index contributed by atoms with van der Waals surface area (Å²) in [6.45, 7) is 5.12. The number of carbonyl (C=O) groups is 1. The van der Waals surface area contributed by atoms with Gasteiger partial charge in [0.25, 0.3) is 0 Å². The first-order chi connectivity index (χ1) is 8.19. The molecule has 0 saturated carbocycles. The third kappa shape index (κ3) is 4.19. The van der Waals surface area contributed by atoms with Gasteiger partial charge in [0.1, 0.15) is 0 Å². The highest BCUT2D eigenvalue weighted by Gasteiger charge is 2.11. The van der Waals surface area contributed by atoms with E-state index in [4.69, 9.17) is 5.11 Å². The zero-order valence-corrected chi connectivity index (χ0v) is 10.6. The summed E-state index contributed by atoms with van der Waals surface area (Å²) in [5.41, 5.74) is 2.45. The molecule has 0 bridgehead atoms. The monoisotopic (exact) mass is 235 g/mol. The van der Waals surface area contributed by atoms with E-state index in [-0.39, 0.29) is 12.5 Å². The molecule has 0 saturated heterocycles. The van der Waals surface area contributed by atoms with E-state index < -0.39 is 0 Å². The van der Waals surface area contributed by atoms with Crippen molar-refractivity contribution in [2.75, 3.05) is 19.7 Å². The predicted molar refractivity (Wildman–Crippen MR) is 68.8 cm³/mol. The lowest BCUT2D eigenvalue weighted by atomic mass is 10.0. The van der Waals surface area contributed by atoms with Crippen LogP contribution in [0.5, 0.6) is 0 Å². The largest absolute Gasteiger partial charge is 0.395 e. The molecule has 0 unspecified atom stereocenters. The lowest BCUT2D eigenvalue weighted by Gasteiger charge is -2.19. The third-order valence-corrected chi connectivity index (χ3v) is 2.97. The van der Waals surface area contributed by atoms with Gasteiger partial charge in [-0.15, -0.1) is 0 Å². The molecule has 94 valence electrons. The van der Waals surface area contributed by atoms with Crippen LogP contribution in [-0.2, 0) is 11.2 Å². The van der Waals surface area contributed by atoms with Crippen molar-refractivity contribution in [1.29, 1.82) is 0 Å². The van der Waals surface area contributed by atoms with Crippen LogP contribution in [0.25, 0.3) is 0 Å². The van der Waals surface area contributed by atoms with E-state index in [1.54, 1.807) is 4.90 Å². The fourth-order valence-electron chi connectivity index (χ4n) is 1.87. The molecular formula is C14H21NO2. The second kappa shape index (κ2) is 7.07. The molecule has 1 N–H and O–H groups in total. The van der Waals surface area contributed by atoms with Gasteiger partial charge in [0, 0.05) is 19.5 Å². The van der Waals surface area contributed by atoms with Crippen molar-refractivity contribution in [3.63, 3.8) is 0 Å². The summed E-state index contributed by atoms with van der Waals surface area (Å²) in [5, 5.41) is 8.85. The predicted octanol–water partition coefficient (Wildman–Crippen LogP) is 1.77. The van der Waals surface area contributed by atoms with Crippen molar-refractivity contribution < 1.29 is 9.90 Å². The fraction of sp³-hybridized carbons (Fsp3) is 0.500. The highest BCUT2D eigenvalue weighted by atomic mass is 16.3. The first kappa shape index (κ1) is 13.7. The zero-order valence-electron chi connectivity index (χ0n) is 10.6. The average molecular weight is 235 g/mol. The number of likely N-dealkylation sites (N-methyl/N-ethyl adjacent to an activating group) is 1. The topological polar surface area (TPSA) is 40.5 Å². The Hall–Kier alpha value is -1.35. The number of amides is 1. The molecule has 0 aromatic heterocycles. The number of aliphatic hydroxyl groups excluding tert-OH is 1. The molecule has 0 aliphatic rings. The van der Waals surface area contributed by atoms with Gasteiger partial charge in [-0.05, 0) is 31.4 Å². The summed E-state index contributed by atoms with van der Waals surface area (Å²) in [7, 11) is 0. The van der Waals surface area contributed by atoms with Crippen LogP contribution >= 0.6 is 0 Å². The molecule has 0 aliphatic heterocycles. The third-order valence-electron chi connectivity index (χ3n) is 2.97. The molecule has 0 aliphatic carbocycles. The Bertz CT molecular complexity index is 363. The summed E-state index contributed by atoms with van der Waals surface area (Å²) in [6, 6.07) is 8.12. The molecule has 1 aromatic rings. The van der Waals surface area contributed by atoms with Crippen LogP contribution in [0, 0.1) is 6.92 Å². The summed E-state index contributed by atoms with van der Waals surface area (Å²) in [5.74, 6) is 0.116. The molecule has 0 spiro atoms. The Morgan fingerprint density at radius 2 is 2.06 bits per heavy atom. The van der Waals surface area contributed by atoms with Gasteiger partial charge in [-0.25, -0.2) is 0 Å². The Balaban J connectivity index is 2.50. The quantitative estimate of drug-likeness (QED) is 0.816. The zero-order chi connectivity index (χ0) is 12.7. The van der Waals surface area contributed by atoms with Crippen LogP contribution in [0.4, 0.5) is 0 Å². The highest BCUT2D eigenvalue weighted by molar-refractivity contribution is 5.76. The molecular weight excluding hydrogens is 214 g/mol. The van der Waals surface area contributed by atoms with E-state index >= 15 is 0 Å². The number of hydrogen-bond acceptors (Lipinski definition) is 2. The number of carbonyl (C=O) groups excluding carboxylic acids is 1. The Labute approximate surface area is 103 Å². The van der Waals surface area contributed by atoms with E-state index in [1.807, 2.05) is 19.1 Å². The minimum atomic E-state index is 0.0317. The number of benzene rings is 1. The van der Waals surface area contributed by atoms with Crippen molar-refractivity contribution in [1.82, 2.24) is 4.90 Å². The molecule has 17 heavy (non-hydrogen) atoms. The van der Waals surface area contributed by atoms with Crippen LogP contribution < -0.4 is 0 Å². The van der Waals surface area contributed by atoms with Gasteiger partial charge in [-0.3, -0.25) is 4.79 Å². The van der Waals surface area contributed by atoms with Gasteiger partial charge in [0.2, 0.25) is 5.91 Å². The van der Waals surface area contributed by atoms with Crippen molar-refractivity contribution in [3.8, 4) is 0 Å². The minimum Gasteiger partial charge on any atom is -0.395 e. The number of aryl methyl sites for hydroxylation is 2. The average Bonchev–Trinajstić information content (AvgIpc) is 2.34. The van der Waals surface area contributed by atoms with Crippen LogP contribution in [0.3, 0.4) is 0 Å². The molecule has 0 atom stereocenters. The number of nitrogens with zero attached hydrogens (tertiary/aromatic N) is 1. The molecule has 0 fully saturated rings. The van der Waals surface area contributed by atoms with Crippen molar-refractivity contribution in [2.24, 2.45) is 0 Å². The van der Waals surface area contributed by atoms with Crippen LogP contribution in [0.15, 0.2) is 24.3 Å². The Morgan fingerprint density at radius 1 is 1.35 bits per heavy atom. The number of aliphatic hydroxyl groups is 1. The van der Waals surface area contributed by atoms with E-state index in [0.29, 0.717) is 19.5 Å². The van der Waals surface area contributed by atoms with Crippen molar-refractivity contribution in [2.45, 2.75) is 26.7 Å². The number of hydrogen-bond donors (Lipinski definition) is 1. The summed E-state index contributed by atoms with van der Waals surface area (Å²) in [4.78, 5) is 13.6. The van der Waals surface area contributed by atoms with E-state index in [2.05, 4.69) is 19.1 Å². The lowest BCUT2D eigenvalue weighted by molar-refractivity contribution is -0.131. The minimum absolute atomic E-state index is 0.0317. The van der Waals surface area contributed by atoms with E-state index in [9.17, 15) is 4.79 Å². The second-order valence-corrected chi connectivity index (χ2v) is 4.12. The summed E-state index contributed by atoms with van der Waals surface area (Å²) < 4.78 is 0. The van der Waals surface area contributed by atoms with Crippen LogP contribution in [0.1, 0.15) is 24.5 Å². The van der Waals surface area contributed by atoms with Crippen molar-refractivity contribution >= 4 is 5.91 Å². The lowest BCUT2D eigenvalue weighted by Crippen LogP contribution is -2.33. The van der Waals surface area contributed by atoms with Gasteiger partial charge in [-0.2, -0.15) is 0 Å². The van der Waals surface area contributed by atoms with Gasteiger partial charge in [0.15, 0.2) is 0 Å². The molecule has 0 heterocycles. The van der Waals surface area contributed by atoms with Gasteiger partial charge in [-0.1, -0.05) is 24.3 Å². The first-order valence-corrected chi connectivity index (χ1v) is 6.12. The molecule has 1 aromatic carbocycles. The SMILES string of the molecule is CCN(CCO)C(=O)CCc1ccccc1C. The summed E-state index contributed by atoms with van der Waals surface area (Å²) in [6.07, 6.45) is 1.28. The second-order valence-electron chi connectivity index (χ2n) is 4.12. The van der Waals surface area contributed by atoms with Gasteiger partial charge < -0.3 is 10.0 Å². The maximum Gasteiger partial charge on any atom is 0.222 e. The summed E-state index contributed by atoms with van der Waals surface area (Å²) >= 11 is 0. The van der Waals surface area contributed by atoms with Crippen LogP contribution in [0.2, 0.25) is 0 Å². The van der Waals surface area contributed by atoms with Crippen molar-refractivity contribution in [3.05, 3.63) is 35.4 Å². The fourth-order valence-corrected chi connectivity index (χ4v) is 1.87. The molecule has 1 rings (SSSR count). The Kier molecular flexibility index (Phi) is 5.70. The first-order valence-electron chi connectivity index (χ1n) is 6.12. The van der Waals surface area contributed by atoms with Gasteiger partial charge in [0.05, 0.1) is 6.61 Å².